The molecule has 9 heavy (non-hydrogen) atoms. The molecule has 0 saturated heterocycles. The Balaban J connectivity index is 3.43. The van der Waals surface area contributed by atoms with Crippen molar-refractivity contribution >= 4 is 0 Å². The number of hydrogen-bond donors (Lipinski definition) is 2. The molecule has 2 N–H and O–H groups in total. The summed E-state index contributed by atoms with van der Waals surface area (Å²) in [6, 6.07) is 0. The average molecular weight is 138 g/mol. The molecule has 0 bridgehead atoms. The SMILES string of the molecule is CNCC(F)(F)CNC. The van der Waals surface area contributed by atoms with Crippen LogP contribution in [-0.2, 0) is 0 Å². The predicted molar refractivity (Wildman–Crippen MR) is 32.8 cm³/mol. The Morgan fingerprint density at radius 3 is 1.67 bits per heavy atom. The van der Waals surface area contributed by atoms with E-state index in [-0.39, 0.29) is 13.1 Å². The lowest BCUT2D eigenvalue weighted by Crippen LogP contribution is -2.38. The molecular formula is C5H12F2N2. The quantitative estimate of drug-likeness (QED) is 0.574. The van der Waals surface area contributed by atoms with Gasteiger partial charge in [0.05, 0.1) is 13.1 Å². The van der Waals surface area contributed by atoms with E-state index in [1.165, 1.54) is 14.1 Å². The summed E-state index contributed by atoms with van der Waals surface area (Å²) >= 11 is 0. The Morgan fingerprint density at radius 1 is 1.11 bits per heavy atom. The van der Waals surface area contributed by atoms with Gasteiger partial charge in [0.15, 0.2) is 0 Å². The first-order chi connectivity index (χ1) is 4.12. The van der Waals surface area contributed by atoms with Gasteiger partial charge in [0.1, 0.15) is 0 Å². The zero-order valence-corrected chi connectivity index (χ0v) is 5.67. The van der Waals surface area contributed by atoms with Gasteiger partial charge in [-0.1, -0.05) is 0 Å². The molecule has 0 aromatic carbocycles. The van der Waals surface area contributed by atoms with Gasteiger partial charge in [0.2, 0.25) is 0 Å². The number of halogens is 2. The summed E-state index contributed by atoms with van der Waals surface area (Å²) < 4.78 is 24.6. The van der Waals surface area contributed by atoms with Crippen molar-refractivity contribution in [3.05, 3.63) is 0 Å². The van der Waals surface area contributed by atoms with E-state index in [9.17, 15) is 8.78 Å². The second-order valence-corrected chi connectivity index (χ2v) is 1.92. The van der Waals surface area contributed by atoms with Gasteiger partial charge in [-0.3, -0.25) is 0 Å². The molecule has 0 rings (SSSR count). The molecule has 0 unspecified atom stereocenters. The van der Waals surface area contributed by atoms with Gasteiger partial charge in [0, 0.05) is 0 Å². The summed E-state index contributed by atoms with van der Waals surface area (Å²) in [7, 11) is 3.01. The van der Waals surface area contributed by atoms with E-state index in [0.29, 0.717) is 0 Å². The Labute approximate surface area is 53.6 Å². The molecule has 0 heterocycles. The lowest BCUT2D eigenvalue weighted by Gasteiger charge is -2.13. The fourth-order valence-electron chi connectivity index (χ4n) is 0.580. The summed E-state index contributed by atoms with van der Waals surface area (Å²) in [6.45, 7) is -0.540. The van der Waals surface area contributed by atoms with E-state index in [0.717, 1.165) is 0 Å². The Kier molecular flexibility index (Phi) is 3.65. The van der Waals surface area contributed by atoms with E-state index in [1.807, 2.05) is 0 Å². The molecule has 0 radical (unpaired) electrons. The number of alkyl halides is 2. The third kappa shape index (κ3) is 4.29. The summed E-state index contributed by atoms with van der Waals surface area (Å²) in [5.74, 6) is -2.62. The number of nitrogens with one attached hydrogen (secondary N) is 2. The Hall–Kier alpha value is -0.220. The highest BCUT2D eigenvalue weighted by Crippen LogP contribution is 2.08. The first kappa shape index (κ1) is 8.78. The van der Waals surface area contributed by atoms with Crippen LogP contribution in [-0.4, -0.2) is 33.1 Å². The summed E-state index contributed by atoms with van der Waals surface area (Å²) in [6.07, 6.45) is 0. The van der Waals surface area contributed by atoms with Crippen molar-refractivity contribution in [2.75, 3.05) is 27.2 Å². The van der Waals surface area contributed by atoms with E-state index >= 15 is 0 Å². The third-order valence-electron chi connectivity index (χ3n) is 0.871. The van der Waals surface area contributed by atoms with Gasteiger partial charge in [-0.2, -0.15) is 0 Å². The van der Waals surface area contributed by atoms with Crippen molar-refractivity contribution in [3.63, 3.8) is 0 Å². The minimum Gasteiger partial charge on any atom is -0.314 e. The molecule has 0 amide bonds. The fourth-order valence-corrected chi connectivity index (χ4v) is 0.580. The molecular weight excluding hydrogens is 126 g/mol. The molecule has 56 valence electrons. The zero-order valence-electron chi connectivity index (χ0n) is 5.67. The van der Waals surface area contributed by atoms with Gasteiger partial charge in [0.25, 0.3) is 5.92 Å². The van der Waals surface area contributed by atoms with Crippen molar-refractivity contribution < 1.29 is 8.78 Å². The lowest BCUT2D eigenvalue weighted by molar-refractivity contribution is 0.00682. The van der Waals surface area contributed by atoms with Crippen LogP contribution in [0.25, 0.3) is 0 Å². The summed E-state index contributed by atoms with van der Waals surface area (Å²) in [4.78, 5) is 0. The van der Waals surface area contributed by atoms with Crippen molar-refractivity contribution in [2.45, 2.75) is 5.92 Å². The monoisotopic (exact) mass is 138 g/mol. The Bertz CT molecular complexity index is 67.4. The molecule has 0 spiro atoms. The molecule has 0 aliphatic rings. The molecule has 0 aromatic heterocycles. The van der Waals surface area contributed by atoms with Gasteiger partial charge in [-0.15, -0.1) is 0 Å². The van der Waals surface area contributed by atoms with Crippen molar-refractivity contribution in [1.29, 1.82) is 0 Å². The van der Waals surface area contributed by atoms with Crippen LogP contribution in [0.2, 0.25) is 0 Å². The maximum Gasteiger partial charge on any atom is 0.272 e. The van der Waals surface area contributed by atoms with Crippen LogP contribution in [0, 0.1) is 0 Å². The molecule has 0 aromatic rings. The largest absolute Gasteiger partial charge is 0.314 e. The first-order valence-electron chi connectivity index (χ1n) is 2.79. The lowest BCUT2D eigenvalue weighted by atomic mass is 10.3. The maximum absolute atomic E-state index is 12.3. The summed E-state index contributed by atoms with van der Waals surface area (Å²) in [5, 5.41) is 4.81. The molecule has 0 saturated carbocycles. The summed E-state index contributed by atoms with van der Waals surface area (Å²) in [5.41, 5.74) is 0. The van der Waals surface area contributed by atoms with Crippen LogP contribution < -0.4 is 10.6 Å². The smallest absolute Gasteiger partial charge is 0.272 e. The minimum absolute atomic E-state index is 0.270. The second-order valence-electron chi connectivity index (χ2n) is 1.92. The van der Waals surface area contributed by atoms with Gasteiger partial charge < -0.3 is 10.6 Å². The predicted octanol–water partition coefficient (Wildman–Crippen LogP) is 0.0605. The van der Waals surface area contributed by atoms with Crippen molar-refractivity contribution in [1.82, 2.24) is 10.6 Å². The Morgan fingerprint density at radius 2 is 1.44 bits per heavy atom. The van der Waals surface area contributed by atoms with E-state index < -0.39 is 5.92 Å². The van der Waals surface area contributed by atoms with Crippen LogP contribution >= 0.6 is 0 Å². The normalized spacial score (nSPS) is 12.0. The van der Waals surface area contributed by atoms with Crippen LogP contribution in [0.15, 0.2) is 0 Å². The molecule has 0 aliphatic carbocycles. The van der Waals surface area contributed by atoms with E-state index in [2.05, 4.69) is 10.6 Å². The minimum atomic E-state index is -2.62. The fraction of sp³-hybridized carbons (Fsp3) is 1.00. The highest BCUT2D eigenvalue weighted by molar-refractivity contribution is 4.69. The number of rotatable bonds is 4. The number of hydrogen-bond acceptors (Lipinski definition) is 2. The van der Waals surface area contributed by atoms with Crippen LogP contribution in [0.5, 0.6) is 0 Å². The van der Waals surface area contributed by atoms with E-state index in [1.54, 1.807) is 0 Å². The van der Waals surface area contributed by atoms with Gasteiger partial charge >= 0.3 is 0 Å². The molecule has 0 aliphatic heterocycles. The highest BCUT2D eigenvalue weighted by Gasteiger charge is 2.25. The van der Waals surface area contributed by atoms with Crippen LogP contribution in [0.4, 0.5) is 8.78 Å². The highest BCUT2D eigenvalue weighted by atomic mass is 19.3. The van der Waals surface area contributed by atoms with E-state index in [4.69, 9.17) is 0 Å². The molecule has 4 heteroatoms. The second kappa shape index (κ2) is 3.74. The molecule has 2 nitrogen and oxygen atoms in total. The van der Waals surface area contributed by atoms with Crippen molar-refractivity contribution in [3.8, 4) is 0 Å². The van der Waals surface area contributed by atoms with Gasteiger partial charge in [-0.25, -0.2) is 8.78 Å². The van der Waals surface area contributed by atoms with Gasteiger partial charge in [-0.05, 0) is 14.1 Å². The standard InChI is InChI=1S/C5H12F2N2/c1-8-3-5(6,7)4-9-2/h8-9H,3-4H2,1-2H3. The average Bonchev–Trinajstić information content (AvgIpc) is 1.64. The third-order valence-corrected chi connectivity index (χ3v) is 0.871. The molecule has 0 fully saturated rings. The zero-order chi connectivity index (χ0) is 7.33. The van der Waals surface area contributed by atoms with Crippen LogP contribution in [0.3, 0.4) is 0 Å². The van der Waals surface area contributed by atoms with Crippen molar-refractivity contribution in [2.24, 2.45) is 0 Å². The first-order valence-corrected chi connectivity index (χ1v) is 2.79. The maximum atomic E-state index is 12.3. The van der Waals surface area contributed by atoms with Crippen LogP contribution in [0.1, 0.15) is 0 Å². The molecule has 0 atom stereocenters. The topological polar surface area (TPSA) is 24.1 Å².